The first-order valence-corrected chi connectivity index (χ1v) is 7.83. The molecule has 0 saturated heterocycles. The number of nitrogens with two attached hydrogens (primary N) is 1. The van der Waals surface area contributed by atoms with Gasteiger partial charge >= 0.3 is 0 Å². The van der Waals surface area contributed by atoms with Crippen molar-refractivity contribution in [2.75, 3.05) is 7.05 Å². The molecular weight excluding hydrogens is 265 g/mol. The van der Waals surface area contributed by atoms with Crippen molar-refractivity contribution in [1.29, 1.82) is 5.41 Å². The lowest BCUT2D eigenvalue weighted by Gasteiger charge is -2.34. The Hall–Kier alpha value is -1.42. The van der Waals surface area contributed by atoms with Crippen LogP contribution < -0.4 is 5.73 Å². The van der Waals surface area contributed by atoms with Crippen LogP contribution in [0.25, 0.3) is 0 Å². The number of rotatable bonds is 5. The van der Waals surface area contributed by atoms with Gasteiger partial charge in [0, 0.05) is 18.2 Å². The summed E-state index contributed by atoms with van der Waals surface area (Å²) >= 11 is 0. The molecule has 0 bridgehead atoms. The average Bonchev–Trinajstić information content (AvgIpc) is 2.46. The molecule has 0 radical (unpaired) electrons. The van der Waals surface area contributed by atoms with Gasteiger partial charge in [-0.15, -0.1) is 0 Å². The van der Waals surface area contributed by atoms with E-state index in [-0.39, 0.29) is 11.7 Å². The van der Waals surface area contributed by atoms with Gasteiger partial charge in [0.1, 0.15) is 11.7 Å². The number of amidine groups is 1. The maximum Gasteiger partial charge on any atom is 0.124 e. The highest BCUT2D eigenvalue weighted by Crippen LogP contribution is 2.29. The van der Waals surface area contributed by atoms with Gasteiger partial charge in [-0.3, -0.25) is 10.3 Å². The van der Waals surface area contributed by atoms with Crippen LogP contribution in [0.15, 0.2) is 18.2 Å². The van der Waals surface area contributed by atoms with Crippen molar-refractivity contribution in [2.24, 2.45) is 11.7 Å². The van der Waals surface area contributed by atoms with E-state index in [1.165, 1.54) is 38.2 Å². The number of nitrogens with one attached hydrogen (secondary N) is 1. The fourth-order valence-electron chi connectivity index (χ4n) is 3.31. The summed E-state index contributed by atoms with van der Waals surface area (Å²) in [7, 11) is 2.11. The second kappa shape index (κ2) is 7.03. The van der Waals surface area contributed by atoms with Crippen LogP contribution in [0, 0.1) is 17.1 Å². The van der Waals surface area contributed by atoms with E-state index >= 15 is 0 Å². The zero-order chi connectivity index (χ0) is 15.4. The fourth-order valence-corrected chi connectivity index (χ4v) is 3.31. The summed E-state index contributed by atoms with van der Waals surface area (Å²) < 4.78 is 13.6. The predicted molar refractivity (Wildman–Crippen MR) is 84.9 cm³/mol. The molecule has 0 unspecified atom stereocenters. The highest BCUT2D eigenvalue weighted by molar-refractivity contribution is 5.95. The smallest absolute Gasteiger partial charge is 0.124 e. The summed E-state index contributed by atoms with van der Waals surface area (Å²) in [5.74, 6) is 0.482. The SMILES string of the molecule is CCC1CCC(N(C)Cc2cc(F)cc(C(=N)N)c2)CC1. The second-order valence-corrected chi connectivity index (χ2v) is 6.26. The monoisotopic (exact) mass is 291 g/mol. The Bertz CT molecular complexity index is 493. The molecule has 1 aromatic rings. The molecule has 2 rings (SSSR count). The Balaban J connectivity index is 1.99. The molecule has 0 spiro atoms. The largest absolute Gasteiger partial charge is 0.384 e. The number of hydrogen-bond donors (Lipinski definition) is 2. The summed E-state index contributed by atoms with van der Waals surface area (Å²) in [4.78, 5) is 2.31. The molecule has 4 heteroatoms. The maximum absolute atomic E-state index is 13.6. The third-order valence-electron chi connectivity index (χ3n) is 4.72. The third kappa shape index (κ3) is 4.27. The zero-order valence-electron chi connectivity index (χ0n) is 13.0. The maximum atomic E-state index is 13.6. The van der Waals surface area contributed by atoms with Gasteiger partial charge in [-0.2, -0.15) is 0 Å². The quantitative estimate of drug-likeness (QED) is 0.644. The minimum absolute atomic E-state index is 0.0816. The van der Waals surface area contributed by atoms with E-state index in [0.717, 1.165) is 11.5 Å². The zero-order valence-corrected chi connectivity index (χ0v) is 13.0. The molecule has 0 aromatic heterocycles. The van der Waals surface area contributed by atoms with Crippen molar-refractivity contribution in [1.82, 2.24) is 4.90 Å². The molecule has 3 N–H and O–H groups in total. The lowest BCUT2D eigenvalue weighted by molar-refractivity contribution is 0.157. The first-order valence-electron chi connectivity index (χ1n) is 7.83. The van der Waals surface area contributed by atoms with Crippen LogP contribution in [0.2, 0.25) is 0 Å². The van der Waals surface area contributed by atoms with Gasteiger partial charge < -0.3 is 5.73 Å². The number of halogens is 1. The normalized spacial score (nSPS) is 22.5. The topological polar surface area (TPSA) is 53.1 Å². The summed E-state index contributed by atoms with van der Waals surface area (Å²) in [5, 5.41) is 7.45. The van der Waals surface area contributed by atoms with Crippen LogP contribution in [0.5, 0.6) is 0 Å². The van der Waals surface area contributed by atoms with Gasteiger partial charge in [0.05, 0.1) is 0 Å². The fraction of sp³-hybridized carbons (Fsp3) is 0.588. The summed E-state index contributed by atoms with van der Waals surface area (Å²) in [6.45, 7) is 2.98. The Kier molecular flexibility index (Phi) is 5.34. The minimum Gasteiger partial charge on any atom is -0.384 e. The number of hydrogen-bond acceptors (Lipinski definition) is 2. The molecule has 1 aromatic carbocycles. The molecule has 0 heterocycles. The first kappa shape index (κ1) is 16.0. The highest BCUT2D eigenvalue weighted by Gasteiger charge is 2.23. The van der Waals surface area contributed by atoms with Crippen molar-refractivity contribution in [3.8, 4) is 0 Å². The molecule has 116 valence electrons. The van der Waals surface area contributed by atoms with E-state index in [4.69, 9.17) is 11.1 Å². The van der Waals surface area contributed by atoms with Crippen molar-refractivity contribution < 1.29 is 4.39 Å². The van der Waals surface area contributed by atoms with Crippen LogP contribution in [-0.4, -0.2) is 23.8 Å². The first-order chi connectivity index (χ1) is 9.99. The Labute approximate surface area is 126 Å². The van der Waals surface area contributed by atoms with Gasteiger partial charge in [0.15, 0.2) is 0 Å². The van der Waals surface area contributed by atoms with Crippen molar-refractivity contribution in [3.63, 3.8) is 0 Å². The van der Waals surface area contributed by atoms with Crippen molar-refractivity contribution in [2.45, 2.75) is 51.6 Å². The lowest BCUT2D eigenvalue weighted by atomic mass is 9.84. The van der Waals surface area contributed by atoms with E-state index < -0.39 is 0 Å². The molecule has 1 saturated carbocycles. The van der Waals surface area contributed by atoms with Crippen LogP contribution in [-0.2, 0) is 6.54 Å². The van der Waals surface area contributed by atoms with E-state index in [0.29, 0.717) is 18.2 Å². The number of nitrogens with zero attached hydrogens (tertiary/aromatic N) is 1. The molecule has 1 aliphatic rings. The van der Waals surface area contributed by atoms with Crippen LogP contribution in [0.1, 0.15) is 50.2 Å². The minimum atomic E-state index is -0.319. The molecule has 0 amide bonds. The van der Waals surface area contributed by atoms with E-state index in [2.05, 4.69) is 18.9 Å². The van der Waals surface area contributed by atoms with E-state index in [1.54, 1.807) is 6.07 Å². The van der Waals surface area contributed by atoms with Crippen LogP contribution >= 0.6 is 0 Å². The highest BCUT2D eigenvalue weighted by atomic mass is 19.1. The van der Waals surface area contributed by atoms with Gasteiger partial charge in [-0.1, -0.05) is 13.3 Å². The van der Waals surface area contributed by atoms with Gasteiger partial charge in [0.2, 0.25) is 0 Å². The molecule has 1 aliphatic carbocycles. The molecular formula is C17H26FN3. The van der Waals surface area contributed by atoms with E-state index in [1.807, 2.05) is 6.07 Å². The third-order valence-corrected chi connectivity index (χ3v) is 4.72. The number of nitrogen functional groups attached to an aromatic ring is 1. The van der Waals surface area contributed by atoms with Gasteiger partial charge in [-0.25, -0.2) is 4.39 Å². The lowest BCUT2D eigenvalue weighted by Crippen LogP contribution is -2.34. The Morgan fingerprint density at radius 2 is 1.95 bits per heavy atom. The molecule has 1 fully saturated rings. The van der Waals surface area contributed by atoms with Crippen LogP contribution in [0.4, 0.5) is 4.39 Å². The van der Waals surface area contributed by atoms with Crippen LogP contribution in [0.3, 0.4) is 0 Å². The second-order valence-electron chi connectivity index (χ2n) is 6.26. The Morgan fingerprint density at radius 1 is 1.29 bits per heavy atom. The molecule has 0 aliphatic heterocycles. The number of benzene rings is 1. The summed E-state index contributed by atoms with van der Waals surface area (Å²) in [6, 6.07) is 5.26. The summed E-state index contributed by atoms with van der Waals surface area (Å²) in [5.41, 5.74) is 6.81. The average molecular weight is 291 g/mol. The standard InChI is InChI=1S/C17H26FN3/c1-3-12-4-6-16(7-5-12)21(2)11-13-8-14(17(19)20)10-15(18)9-13/h8-10,12,16H,3-7,11H2,1-2H3,(H3,19,20). The molecule has 0 atom stereocenters. The van der Waals surface area contributed by atoms with Gasteiger partial charge in [-0.05, 0) is 62.4 Å². The predicted octanol–water partition coefficient (Wildman–Crippen LogP) is 3.51. The molecule has 21 heavy (non-hydrogen) atoms. The summed E-state index contributed by atoms with van der Waals surface area (Å²) in [6.07, 6.45) is 6.33. The van der Waals surface area contributed by atoms with Crippen molar-refractivity contribution >= 4 is 5.84 Å². The molecule has 3 nitrogen and oxygen atoms in total. The Morgan fingerprint density at radius 3 is 2.52 bits per heavy atom. The van der Waals surface area contributed by atoms with Crippen molar-refractivity contribution in [3.05, 3.63) is 35.1 Å². The van der Waals surface area contributed by atoms with Gasteiger partial charge in [0.25, 0.3) is 0 Å². The van der Waals surface area contributed by atoms with E-state index in [9.17, 15) is 4.39 Å².